The predicted octanol–water partition coefficient (Wildman–Crippen LogP) is 11.6. The zero-order valence-corrected chi connectivity index (χ0v) is 30.0. The maximum absolute atomic E-state index is 12.8. The molecule has 0 saturated carbocycles. The van der Waals surface area contributed by atoms with Crippen LogP contribution < -0.4 is 0 Å². The Bertz CT molecular complexity index is 1690. The van der Waals surface area contributed by atoms with Crippen LogP contribution in [0.15, 0.2) is 48.2 Å². The number of aromatic carboxylic acids is 1. The Balaban J connectivity index is 0.000000315. The number of rotatable bonds is 3. The molecule has 20 heteroatoms. The number of benzene rings is 4. The molecule has 4 aromatic carbocycles. The zero-order chi connectivity index (χ0) is 36.5. The molecule has 0 spiro atoms. The van der Waals surface area contributed by atoms with Crippen LogP contribution in [0, 0.1) is 69.8 Å². The molecule has 0 aliphatic rings. The summed E-state index contributed by atoms with van der Waals surface area (Å²) in [6, 6.07) is 4.81. The molecule has 0 aliphatic carbocycles. The number of hydrogen-bond donors (Lipinski definition) is 2. The Morgan fingerprint density at radius 3 is 1.30 bits per heavy atom. The van der Waals surface area contributed by atoms with Gasteiger partial charge in [0.2, 0.25) is 0 Å². The SMILES string of the molecule is Fc1c(Br)cc(CBr)c(F)c1F.Fc1ccc(Br)c(F)c1F.O=C(O)c1cc(Br)c(F)c(F)c1F.OCc1cc(Br)c(F)c(F)c1F. The van der Waals surface area contributed by atoms with Crippen LogP contribution in [-0.2, 0) is 11.9 Å². The molecule has 0 unspecified atom stereocenters. The number of carbonyl (C=O) groups is 1. The summed E-state index contributed by atoms with van der Waals surface area (Å²) in [5.41, 5.74) is -1.10. The normalized spacial score (nSPS) is 10.3. The third-order valence-corrected chi connectivity index (χ3v) is 7.94. The number of halogens is 17. The largest absolute Gasteiger partial charge is 0.478 e. The van der Waals surface area contributed by atoms with Crippen molar-refractivity contribution in [2.45, 2.75) is 11.9 Å². The minimum Gasteiger partial charge on any atom is -0.478 e. The first kappa shape index (κ1) is 42.9. The van der Waals surface area contributed by atoms with Gasteiger partial charge in [-0.1, -0.05) is 15.9 Å². The third-order valence-electron chi connectivity index (χ3n) is 4.99. The second kappa shape index (κ2) is 19.2. The average molecular weight is 1010 g/mol. The van der Waals surface area contributed by atoms with Crippen LogP contribution in [0.2, 0.25) is 0 Å². The molecule has 0 radical (unpaired) electrons. The van der Waals surface area contributed by atoms with E-state index < -0.39 is 92.4 Å². The second-order valence-electron chi connectivity index (χ2n) is 8.02. The molecular weight excluding hydrogens is 1000 g/mol. The van der Waals surface area contributed by atoms with E-state index in [4.69, 9.17) is 10.2 Å². The topological polar surface area (TPSA) is 57.5 Å². The van der Waals surface area contributed by atoms with E-state index in [1.807, 2.05) is 0 Å². The molecule has 0 atom stereocenters. The molecule has 256 valence electrons. The van der Waals surface area contributed by atoms with E-state index in [1.54, 1.807) is 0 Å². The molecule has 0 bridgehead atoms. The van der Waals surface area contributed by atoms with E-state index in [-0.39, 0.29) is 29.9 Å². The number of hydrogen-bond acceptors (Lipinski definition) is 2. The standard InChI is InChI=1S/C7H3Br2F3.C7H2BrF3O2.C7H4BrF3O.C6H2BrF3/c8-2-3-1-4(9)6(11)7(12)5(3)10;8-3-1-2(7(12)13)4(9)6(11)5(3)10;8-4-1-3(2-12)5(9)7(11)6(4)10;7-3-1-2-4(8)6(10)5(3)9/h1H,2H2;1H,(H,12,13);1,12H,2H2;1-2H. The Kier molecular flexibility index (Phi) is 17.5. The summed E-state index contributed by atoms with van der Waals surface area (Å²) in [6.07, 6.45) is 0. The lowest BCUT2D eigenvalue weighted by Gasteiger charge is -2.02. The van der Waals surface area contributed by atoms with Gasteiger partial charge in [0.25, 0.3) is 0 Å². The highest BCUT2D eigenvalue weighted by Crippen LogP contribution is 2.26. The van der Waals surface area contributed by atoms with Gasteiger partial charge in [0, 0.05) is 16.5 Å². The van der Waals surface area contributed by atoms with Crippen molar-refractivity contribution in [3.8, 4) is 0 Å². The van der Waals surface area contributed by atoms with Gasteiger partial charge in [0.1, 0.15) is 0 Å². The molecule has 0 fully saturated rings. The van der Waals surface area contributed by atoms with Crippen LogP contribution in [0.25, 0.3) is 0 Å². The first-order valence-electron chi connectivity index (χ1n) is 11.4. The van der Waals surface area contributed by atoms with Crippen molar-refractivity contribution in [2.24, 2.45) is 0 Å². The number of carboxylic acid groups (broad SMARTS) is 1. The van der Waals surface area contributed by atoms with Crippen LogP contribution in [0.5, 0.6) is 0 Å². The number of aliphatic hydroxyl groups is 1. The smallest absolute Gasteiger partial charge is 0.338 e. The molecule has 47 heavy (non-hydrogen) atoms. The summed E-state index contributed by atoms with van der Waals surface area (Å²) < 4.78 is 150. The van der Waals surface area contributed by atoms with Crippen molar-refractivity contribution in [2.75, 3.05) is 0 Å². The fourth-order valence-electron chi connectivity index (χ4n) is 2.69. The predicted molar refractivity (Wildman–Crippen MR) is 162 cm³/mol. The van der Waals surface area contributed by atoms with Gasteiger partial charge in [-0.3, -0.25) is 0 Å². The molecular formula is C27H11Br5F12O3. The summed E-state index contributed by atoms with van der Waals surface area (Å²) in [5, 5.41) is 17.0. The van der Waals surface area contributed by atoms with Gasteiger partial charge in [-0.05, 0) is 94.1 Å². The molecule has 2 N–H and O–H groups in total. The van der Waals surface area contributed by atoms with Gasteiger partial charge in [0.05, 0.1) is 30.1 Å². The van der Waals surface area contributed by atoms with Crippen molar-refractivity contribution in [3.63, 3.8) is 0 Å². The van der Waals surface area contributed by atoms with Crippen molar-refractivity contribution in [1.29, 1.82) is 0 Å². The molecule has 3 nitrogen and oxygen atoms in total. The highest BCUT2D eigenvalue weighted by Gasteiger charge is 2.21. The van der Waals surface area contributed by atoms with E-state index in [0.717, 1.165) is 18.2 Å². The van der Waals surface area contributed by atoms with E-state index in [2.05, 4.69) is 79.6 Å². The number of alkyl halides is 1. The molecule has 0 saturated heterocycles. The Hall–Kier alpha value is -2.13. The molecule has 0 amide bonds. The third kappa shape index (κ3) is 11.2. The Morgan fingerprint density at radius 1 is 0.511 bits per heavy atom. The van der Waals surface area contributed by atoms with Gasteiger partial charge in [-0.15, -0.1) is 0 Å². The van der Waals surface area contributed by atoms with Crippen LogP contribution >= 0.6 is 79.6 Å². The maximum Gasteiger partial charge on any atom is 0.338 e. The van der Waals surface area contributed by atoms with Gasteiger partial charge in [0.15, 0.2) is 69.8 Å². The van der Waals surface area contributed by atoms with E-state index in [9.17, 15) is 57.5 Å². The minimum absolute atomic E-state index is 0.0733. The van der Waals surface area contributed by atoms with Crippen LogP contribution in [0.4, 0.5) is 52.7 Å². The molecule has 4 rings (SSSR count). The van der Waals surface area contributed by atoms with Crippen LogP contribution in [-0.4, -0.2) is 16.2 Å². The van der Waals surface area contributed by atoms with Crippen molar-refractivity contribution < 1.29 is 67.7 Å². The number of aliphatic hydroxyl groups excluding tert-OH is 1. The van der Waals surface area contributed by atoms with Crippen molar-refractivity contribution >= 4 is 85.6 Å². The molecule has 4 aromatic rings. The molecule has 0 aromatic heterocycles. The lowest BCUT2D eigenvalue weighted by atomic mass is 10.2. The quantitative estimate of drug-likeness (QED) is 0.0931. The lowest BCUT2D eigenvalue weighted by molar-refractivity contribution is 0.0690. The van der Waals surface area contributed by atoms with E-state index in [1.165, 1.54) is 6.07 Å². The summed E-state index contributed by atoms with van der Waals surface area (Å²) in [4.78, 5) is 10.3. The van der Waals surface area contributed by atoms with Gasteiger partial charge in [-0.2, -0.15) is 0 Å². The van der Waals surface area contributed by atoms with Gasteiger partial charge >= 0.3 is 5.97 Å². The summed E-state index contributed by atoms with van der Waals surface area (Å²) in [5.74, 6) is -18.4. The maximum atomic E-state index is 12.8. The average Bonchev–Trinajstić information content (AvgIpc) is 3.04. The van der Waals surface area contributed by atoms with E-state index >= 15 is 0 Å². The highest BCUT2D eigenvalue weighted by molar-refractivity contribution is 9.11. The molecule has 0 aliphatic heterocycles. The van der Waals surface area contributed by atoms with Crippen LogP contribution in [0.1, 0.15) is 21.5 Å². The first-order valence-corrected chi connectivity index (χ1v) is 15.7. The first-order chi connectivity index (χ1) is 21.7. The van der Waals surface area contributed by atoms with Crippen molar-refractivity contribution in [1.82, 2.24) is 0 Å². The van der Waals surface area contributed by atoms with Crippen molar-refractivity contribution in [3.05, 3.63) is 135 Å². The molecule has 0 heterocycles. The fourth-order valence-corrected chi connectivity index (χ4v) is 4.70. The number of carboxylic acids is 1. The summed E-state index contributed by atoms with van der Waals surface area (Å²) >= 11 is 13.7. The van der Waals surface area contributed by atoms with Gasteiger partial charge < -0.3 is 10.2 Å². The Morgan fingerprint density at radius 2 is 0.894 bits per heavy atom. The van der Waals surface area contributed by atoms with E-state index in [0.29, 0.717) is 6.07 Å². The Labute approximate surface area is 298 Å². The monoisotopic (exact) mass is 1010 g/mol. The van der Waals surface area contributed by atoms with Gasteiger partial charge in [-0.25, -0.2) is 57.5 Å². The fraction of sp³-hybridized carbons (Fsp3) is 0.0741. The van der Waals surface area contributed by atoms with Crippen LogP contribution in [0.3, 0.4) is 0 Å². The zero-order valence-electron chi connectivity index (χ0n) is 22.0. The highest BCUT2D eigenvalue weighted by atomic mass is 79.9. The lowest BCUT2D eigenvalue weighted by Crippen LogP contribution is -2.05. The minimum atomic E-state index is -1.80. The summed E-state index contributed by atoms with van der Waals surface area (Å²) in [7, 11) is 0. The summed E-state index contributed by atoms with van der Waals surface area (Å²) in [6.45, 7) is -0.665. The second-order valence-corrected chi connectivity index (χ2v) is 12.0.